The summed E-state index contributed by atoms with van der Waals surface area (Å²) in [6, 6.07) is 7.28. The number of benzene rings is 1. The van der Waals surface area contributed by atoms with Crippen molar-refractivity contribution in [1.82, 2.24) is 19.7 Å². The first kappa shape index (κ1) is 16.4. The van der Waals surface area contributed by atoms with Crippen molar-refractivity contribution in [2.75, 3.05) is 13.1 Å². The number of amides is 1. The van der Waals surface area contributed by atoms with Gasteiger partial charge in [-0.15, -0.1) is 0 Å². The van der Waals surface area contributed by atoms with Gasteiger partial charge in [0.15, 0.2) is 5.15 Å². The lowest BCUT2D eigenvalue weighted by Crippen LogP contribution is -2.35. The Labute approximate surface area is 155 Å². The lowest BCUT2D eigenvalue weighted by Gasteiger charge is -2.26. The Morgan fingerprint density at radius 3 is 2.60 bits per heavy atom. The van der Waals surface area contributed by atoms with E-state index in [-0.39, 0.29) is 5.91 Å². The second kappa shape index (κ2) is 6.65. The van der Waals surface area contributed by atoms with Gasteiger partial charge >= 0.3 is 0 Å². The molecule has 0 N–H and O–H groups in total. The van der Waals surface area contributed by atoms with Crippen LogP contribution in [0.15, 0.2) is 36.7 Å². The summed E-state index contributed by atoms with van der Waals surface area (Å²) < 4.78 is 1.69. The Morgan fingerprint density at radius 2 is 1.84 bits per heavy atom. The molecule has 0 aliphatic carbocycles. The topological polar surface area (TPSA) is 51.0 Å². The summed E-state index contributed by atoms with van der Waals surface area (Å²) >= 11 is 12.3. The molecule has 1 aliphatic heterocycles. The number of likely N-dealkylation sites (tertiary alicyclic amines) is 1. The van der Waals surface area contributed by atoms with Crippen LogP contribution in [-0.2, 0) is 0 Å². The number of aromatic nitrogens is 3. The number of nitrogens with zero attached hydrogens (tertiary/aromatic N) is 4. The molecule has 0 spiro atoms. The Morgan fingerprint density at radius 1 is 1.04 bits per heavy atom. The van der Waals surface area contributed by atoms with Gasteiger partial charge in [-0.25, -0.2) is 4.68 Å². The SMILES string of the molecule is O=C(c1ccc2c(c1)c(Cl)nn2-c1cncc(Cl)c1)N1CCCCC1. The molecule has 128 valence electrons. The number of halogens is 2. The zero-order chi connectivity index (χ0) is 17.4. The van der Waals surface area contributed by atoms with E-state index in [0.717, 1.165) is 42.5 Å². The van der Waals surface area contributed by atoms with Crippen molar-refractivity contribution in [3.8, 4) is 5.69 Å². The van der Waals surface area contributed by atoms with E-state index in [1.807, 2.05) is 23.1 Å². The summed E-state index contributed by atoms with van der Waals surface area (Å²) in [5.41, 5.74) is 2.17. The van der Waals surface area contributed by atoms with Crippen LogP contribution in [0.2, 0.25) is 10.2 Å². The van der Waals surface area contributed by atoms with E-state index in [0.29, 0.717) is 15.7 Å². The fourth-order valence-corrected chi connectivity index (χ4v) is 3.60. The minimum atomic E-state index is 0.0508. The molecule has 0 bridgehead atoms. The van der Waals surface area contributed by atoms with Gasteiger partial charge in [-0.1, -0.05) is 23.2 Å². The van der Waals surface area contributed by atoms with E-state index in [1.54, 1.807) is 23.1 Å². The van der Waals surface area contributed by atoms with Crippen molar-refractivity contribution in [3.63, 3.8) is 0 Å². The fourth-order valence-electron chi connectivity index (χ4n) is 3.21. The van der Waals surface area contributed by atoms with Crippen LogP contribution in [0.5, 0.6) is 0 Å². The Hall–Kier alpha value is -2.11. The largest absolute Gasteiger partial charge is 0.339 e. The number of hydrogen-bond acceptors (Lipinski definition) is 3. The first-order valence-corrected chi connectivity index (χ1v) is 8.97. The van der Waals surface area contributed by atoms with Gasteiger partial charge in [0.25, 0.3) is 5.91 Å². The molecule has 1 fully saturated rings. The minimum absolute atomic E-state index is 0.0508. The van der Waals surface area contributed by atoms with E-state index >= 15 is 0 Å². The number of carbonyl (C=O) groups is 1. The van der Waals surface area contributed by atoms with Crippen LogP contribution in [-0.4, -0.2) is 38.7 Å². The monoisotopic (exact) mass is 374 g/mol. The summed E-state index contributed by atoms with van der Waals surface area (Å²) in [5.74, 6) is 0.0508. The highest BCUT2D eigenvalue weighted by molar-refractivity contribution is 6.34. The van der Waals surface area contributed by atoms with Crippen molar-refractivity contribution < 1.29 is 4.79 Å². The molecule has 1 amide bonds. The van der Waals surface area contributed by atoms with E-state index in [2.05, 4.69) is 10.1 Å². The van der Waals surface area contributed by atoms with Gasteiger partial charge in [0.1, 0.15) is 0 Å². The van der Waals surface area contributed by atoms with Crippen LogP contribution in [0, 0.1) is 0 Å². The number of carbonyl (C=O) groups excluding carboxylic acids is 1. The third-order valence-corrected chi connectivity index (χ3v) is 4.95. The molecule has 1 aromatic carbocycles. The Bertz CT molecular complexity index is 947. The van der Waals surface area contributed by atoms with E-state index in [9.17, 15) is 4.79 Å². The third-order valence-electron chi connectivity index (χ3n) is 4.46. The lowest BCUT2D eigenvalue weighted by atomic mass is 10.1. The molecule has 0 saturated carbocycles. The van der Waals surface area contributed by atoms with Crippen molar-refractivity contribution >= 4 is 40.0 Å². The summed E-state index contributed by atoms with van der Waals surface area (Å²) in [5, 5.41) is 5.99. The van der Waals surface area contributed by atoms with Gasteiger partial charge in [0, 0.05) is 30.2 Å². The molecule has 2 aromatic heterocycles. The molecule has 3 heterocycles. The predicted octanol–water partition coefficient (Wildman–Crippen LogP) is 4.35. The first-order valence-electron chi connectivity index (χ1n) is 8.22. The minimum Gasteiger partial charge on any atom is -0.339 e. The highest BCUT2D eigenvalue weighted by Crippen LogP contribution is 2.28. The van der Waals surface area contributed by atoms with Crippen molar-refractivity contribution in [2.45, 2.75) is 19.3 Å². The van der Waals surface area contributed by atoms with Gasteiger partial charge in [-0.3, -0.25) is 9.78 Å². The van der Waals surface area contributed by atoms with Crippen LogP contribution in [0.1, 0.15) is 29.6 Å². The lowest BCUT2D eigenvalue weighted by molar-refractivity contribution is 0.0724. The summed E-state index contributed by atoms with van der Waals surface area (Å²) in [4.78, 5) is 18.7. The first-order chi connectivity index (χ1) is 12.1. The molecule has 5 nitrogen and oxygen atoms in total. The zero-order valence-electron chi connectivity index (χ0n) is 13.5. The second-order valence-electron chi connectivity index (χ2n) is 6.15. The van der Waals surface area contributed by atoms with Crippen molar-refractivity contribution in [3.05, 3.63) is 52.4 Å². The van der Waals surface area contributed by atoms with Crippen LogP contribution in [0.4, 0.5) is 0 Å². The Kier molecular flexibility index (Phi) is 4.36. The summed E-state index contributed by atoms with van der Waals surface area (Å²) in [6.07, 6.45) is 6.55. The van der Waals surface area contributed by atoms with E-state index in [4.69, 9.17) is 23.2 Å². The van der Waals surface area contributed by atoms with E-state index in [1.165, 1.54) is 6.42 Å². The highest BCUT2D eigenvalue weighted by Gasteiger charge is 2.20. The molecule has 0 radical (unpaired) electrons. The van der Waals surface area contributed by atoms with Crippen LogP contribution in [0.3, 0.4) is 0 Å². The number of rotatable bonds is 2. The van der Waals surface area contributed by atoms with Gasteiger partial charge < -0.3 is 4.90 Å². The van der Waals surface area contributed by atoms with Gasteiger partial charge in [0.05, 0.1) is 22.4 Å². The normalized spacial score (nSPS) is 14.9. The van der Waals surface area contributed by atoms with Gasteiger partial charge in [0.2, 0.25) is 0 Å². The zero-order valence-corrected chi connectivity index (χ0v) is 15.0. The van der Waals surface area contributed by atoms with Crippen molar-refractivity contribution in [1.29, 1.82) is 0 Å². The molecule has 3 aromatic rings. The van der Waals surface area contributed by atoms with Crippen LogP contribution >= 0.6 is 23.2 Å². The standard InChI is InChI=1S/C18H16Cl2N4O/c19-13-9-14(11-21-10-13)24-16-5-4-12(8-15(16)17(20)22-24)18(25)23-6-2-1-3-7-23/h4-5,8-11H,1-3,6-7H2. The highest BCUT2D eigenvalue weighted by atomic mass is 35.5. The molecule has 0 atom stereocenters. The van der Waals surface area contributed by atoms with E-state index < -0.39 is 0 Å². The van der Waals surface area contributed by atoms with Crippen LogP contribution < -0.4 is 0 Å². The molecular weight excluding hydrogens is 359 g/mol. The maximum absolute atomic E-state index is 12.7. The second-order valence-corrected chi connectivity index (χ2v) is 6.94. The van der Waals surface area contributed by atoms with Gasteiger partial charge in [-0.2, -0.15) is 5.10 Å². The molecule has 25 heavy (non-hydrogen) atoms. The third kappa shape index (κ3) is 3.10. The average Bonchev–Trinajstić information content (AvgIpc) is 2.98. The number of piperidine rings is 1. The smallest absolute Gasteiger partial charge is 0.253 e. The fraction of sp³-hybridized carbons (Fsp3) is 0.278. The maximum atomic E-state index is 12.7. The Balaban J connectivity index is 1.74. The average molecular weight is 375 g/mol. The van der Waals surface area contributed by atoms with Crippen LogP contribution in [0.25, 0.3) is 16.6 Å². The number of hydrogen-bond donors (Lipinski definition) is 0. The predicted molar refractivity (Wildman–Crippen MR) is 98.6 cm³/mol. The molecule has 0 unspecified atom stereocenters. The molecule has 4 rings (SSSR count). The van der Waals surface area contributed by atoms with Gasteiger partial charge in [-0.05, 0) is 43.5 Å². The summed E-state index contributed by atoms with van der Waals surface area (Å²) in [7, 11) is 0. The van der Waals surface area contributed by atoms with Crippen molar-refractivity contribution in [2.24, 2.45) is 0 Å². The number of fused-ring (bicyclic) bond motifs is 1. The molecule has 1 saturated heterocycles. The molecule has 7 heteroatoms. The molecule has 1 aliphatic rings. The number of pyridine rings is 1. The molecular formula is C18H16Cl2N4O. The maximum Gasteiger partial charge on any atom is 0.253 e. The summed E-state index contributed by atoms with van der Waals surface area (Å²) in [6.45, 7) is 1.64. The quantitative estimate of drug-likeness (QED) is 0.669.